The van der Waals surface area contributed by atoms with E-state index in [4.69, 9.17) is 22.9 Å². The first-order chi connectivity index (χ1) is 9.20. The standard InChI is InChI=1S/C16H23N3S/c1-10-8-12-13(9-11(10)2)19(7-6-14(17)20)15(18-12)16(3,4)5/h8-9H,6-7H2,1-5H3,(H2,17,20). The molecule has 1 aromatic heterocycles. The summed E-state index contributed by atoms with van der Waals surface area (Å²) in [6, 6.07) is 4.38. The molecule has 0 amide bonds. The monoisotopic (exact) mass is 289 g/mol. The number of fused-ring (bicyclic) bond motifs is 1. The van der Waals surface area contributed by atoms with Gasteiger partial charge in [0.1, 0.15) is 5.82 Å². The summed E-state index contributed by atoms with van der Waals surface area (Å²) in [6.07, 6.45) is 0.705. The van der Waals surface area contributed by atoms with E-state index in [1.165, 1.54) is 16.6 Å². The smallest absolute Gasteiger partial charge is 0.115 e. The Morgan fingerprint density at radius 3 is 2.40 bits per heavy atom. The molecule has 2 N–H and O–H groups in total. The highest BCUT2D eigenvalue weighted by molar-refractivity contribution is 7.80. The number of imidazole rings is 1. The Morgan fingerprint density at radius 1 is 1.25 bits per heavy atom. The molecule has 0 saturated carbocycles. The Hall–Kier alpha value is -1.42. The number of aromatic nitrogens is 2. The van der Waals surface area contributed by atoms with E-state index in [2.05, 4.69) is 51.3 Å². The highest BCUT2D eigenvalue weighted by Crippen LogP contribution is 2.28. The molecule has 4 heteroatoms. The average molecular weight is 289 g/mol. The van der Waals surface area contributed by atoms with Crippen molar-refractivity contribution in [1.82, 2.24) is 9.55 Å². The summed E-state index contributed by atoms with van der Waals surface area (Å²) in [5, 5.41) is 0. The van der Waals surface area contributed by atoms with Gasteiger partial charge in [0.15, 0.2) is 0 Å². The molecule has 0 atom stereocenters. The fraction of sp³-hybridized carbons (Fsp3) is 0.500. The Balaban J connectivity index is 2.65. The Bertz CT molecular complexity index is 662. The summed E-state index contributed by atoms with van der Waals surface area (Å²) < 4.78 is 2.26. The van der Waals surface area contributed by atoms with Crippen LogP contribution in [0.5, 0.6) is 0 Å². The number of hydrogen-bond acceptors (Lipinski definition) is 2. The van der Waals surface area contributed by atoms with E-state index in [1.807, 2.05) is 0 Å². The number of rotatable bonds is 3. The first-order valence-corrected chi connectivity index (χ1v) is 7.37. The summed E-state index contributed by atoms with van der Waals surface area (Å²) in [6.45, 7) is 11.6. The van der Waals surface area contributed by atoms with E-state index in [0.29, 0.717) is 11.4 Å². The normalized spacial score (nSPS) is 12.1. The van der Waals surface area contributed by atoms with Crippen molar-refractivity contribution in [3.8, 4) is 0 Å². The number of thiocarbonyl (C=S) groups is 1. The van der Waals surface area contributed by atoms with Gasteiger partial charge in [-0.05, 0) is 37.1 Å². The molecule has 0 saturated heterocycles. The van der Waals surface area contributed by atoms with Gasteiger partial charge in [0.25, 0.3) is 0 Å². The van der Waals surface area contributed by atoms with Crippen molar-refractivity contribution in [2.45, 2.75) is 53.0 Å². The number of nitrogens with two attached hydrogens (primary N) is 1. The number of hydrogen-bond donors (Lipinski definition) is 1. The molecule has 108 valence electrons. The Labute approximate surface area is 126 Å². The van der Waals surface area contributed by atoms with Crippen molar-refractivity contribution in [2.75, 3.05) is 0 Å². The maximum atomic E-state index is 5.66. The molecule has 0 aliphatic carbocycles. The van der Waals surface area contributed by atoms with E-state index in [1.54, 1.807) is 0 Å². The molecule has 0 unspecified atom stereocenters. The van der Waals surface area contributed by atoms with Gasteiger partial charge in [-0.25, -0.2) is 4.98 Å². The third-order valence-corrected chi connectivity index (χ3v) is 3.82. The lowest BCUT2D eigenvalue weighted by atomic mass is 9.95. The lowest BCUT2D eigenvalue weighted by Crippen LogP contribution is -2.21. The van der Waals surface area contributed by atoms with Crippen LogP contribution in [-0.4, -0.2) is 14.5 Å². The highest BCUT2D eigenvalue weighted by atomic mass is 32.1. The van der Waals surface area contributed by atoms with Gasteiger partial charge in [-0.2, -0.15) is 0 Å². The quantitative estimate of drug-likeness (QED) is 0.878. The predicted octanol–water partition coefficient (Wildman–Crippen LogP) is 3.63. The van der Waals surface area contributed by atoms with Gasteiger partial charge >= 0.3 is 0 Å². The minimum absolute atomic E-state index is 0.00293. The van der Waals surface area contributed by atoms with Crippen molar-refractivity contribution in [1.29, 1.82) is 0 Å². The molecule has 20 heavy (non-hydrogen) atoms. The van der Waals surface area contributed by atoms with Crippen LogP contribution in [0.15, 0.2) is 12.1 Å². The molecule has 0 bridgehead atoms. The number of nitrogens with zero attached hydrogens (tertiary/aromatic N) is 2. The topological polar surface area (TPSA) is 43.8 Å². The number of benzene rings is 1. The lowest BCUT2D eigenvalue weighted by Gasteiger charge is -2.20. The molecule has 3 nitrogen and oxygen atoms in total. The van der Waals surface area contributed by atoms with Crippen molar-refractivity contribution in [3.63, 3.8) is 0 Å². The fourth-order valence-corrected chi connectivity index (χ4v) is 2.49. The summed E-state index contributed by atoms with van der Waals surface area (Å²) in [4.78, 5) is 5.39. The van der Waals surface area contributed by atoms with E-state index in [9.17, 15) is 0 Å². The zero-order chi connectivity index (χ0) is 15.1. The van der Waals surface area contributed by atoms with Crippen LogP contribution in [0, 0.1) is 13.8 Å². The Kier molecular flexibility index (Phi) is 3.87. The minimum Gasteiger partial charge on any atom is -0.393 e. The molecular weight excluding hydrogens is 266 g/mol. The highest BCUT2D eigenvalue weighted by Gasteiger charge is 2.23. The first kappa shape index (κ1) is 15.0. The van der Waals surface area contributed by atoms with Crippen LogP contribution in [0.2, 0.25) is 0 Å². The maximum Gasteiger partial charge on any atom is 0.115 e. The van der Waals surface area contributed by atoms with Crippen LogP contribution in [0.1, 0.15) is 44.1 Å². The lowest BCUT2D eigenvalue weighted by molar-refractivity contribution is 0.507. The summed E-state index contributed by atoms with van der Waals surface area (Å²) in [7, 11) is 0. The fourth-order valence-electron chi connectivity index (χ4n) is 2.40. The molecule has 2 rings (SSSR count). The number of aryl methyl sites for hydroxylation is 3. The van der Waals surface area contributed by atoms with E-state index < -0.39 is 0 Å². The van der Waals surface area contributed by atoms with Crippen LogP contribution in [0.3, 0.4) is 0 Å². The second kappa shape index (κ2) is 5.17. The molecule has 0 fully saturated rings. The Morgan fingerprint density at radius 2 is 1.85 bits per heavy atom. The SMILES string of the molecule is Cc1cc2nc(C(C)(C)C)n(CCC(N)=S)c2cc1C. The van der Waals surface area contributed by atoms with Crippen LogP contribution in [0.4, 0.5) is 0 Å². The summed E-state index contributed by atoms with van der Waals surface area (Å²) >= 11 is 5.02. The minimum atomic E-state index is -0.00293. The van der Waals surface area contributed by atoms with Gasteiger partial charge in [-0.3, -0.25) is 0 Å². The third kappa shape index (κ3) is 2.85. The van der Waals surface area contributed by atoms with Crippen LogP contribution in [-0.2, 0) is 12.0 Å². The van der Waals surface area contributed by atoms with Gasteiger partial charge in [0.05, 0.1) is 16.0 Å². The average Bonchev–Trinajstić information content (AvgIpc) is 2.65. The van der Waals surface area contributed by atoms with Gasteiger partial charge in [-0.1, -0.05) is 33.0 Å². The van der Waals surface area contributed by atoms with E-state index in [-0.39, 0.29) is 5.41 Å². The molecule has 2 aromatic rings. The molecular formula is C16H23N3S. The molecule has 0 aliphatic rings. The van der Waals surface area contributed by atoms with E-state index >= 15 is 0 Å². The van der Waals surface area contributed by atoms with Crippen molar-refractivity contribution < 1.29 is 0 Å². The summed E-state index contributed by atoms with van der Waals surface area (Å²) in [5.41, 5.74) is 10.5. The second-order valence-corrected chi connectivity index (χ2v) is 7.00. The van der Waals surface area contributed by atoms with E-state index in [0.717, 1.165) is 17.9 Å². The molecule has 1 heterocycles. The second-order valence-electron chi connectivity index (χ2n) is 6.48. The van der Waals surface area contributed by atoms with Crippen LogP contribution in [0.25, 0.3) is 11.0 Å². The summed E-state index contributed by atoms with van der Waals surface area (Å²) in [5.74, 6) is 1.09. The van der Waals surface area contributed by atoms with Crippen molar-refractivity contribution in [3.05, 3.63) is 29.1 Å². The zero-order valence-corrected chi connectivity index (χ0v) is 13.8. The molecule has 0 radical (unpaired) electrons. The van der Waals surface area contributed by atoms with Crippen LogP contribution < -0.4 is 5.73 Å². The van der Waals surface area contributed by atoms with Gasteiger partial charge in [0.2, 0.25) is 0 Å². The molecule has 0 spiro atoms. The largest absolute Gasteiger partial charge is 0.393 e. The first-order valence-electron chi connectivity index (χ1n) is 6.96. The molecule has 0 aliphatic heterocycles. The molecule has 1 aromatic carbocycles. The maximum absolute atomic E-state index is 5.66. The predicted molar refractivity (Wildman–Crippen MR) is 89.3 cm³/mol. The van der Waals surface area contributed by atoms with Crippen LogP contribution >= 0.6 is 12.2 Å². The van der Waals surface area contributed by atoms with Gasteiger partial charge < -0.3 is 10.3 Å². The van der Waals surface area contributed by atoms with Gasteiger partial charge in [-0.15, -0.1) is 0 Å². The third-order valence-electron chi connectivity index (χ3n) is 3.62. The van der Waals surface area contributed by atoms with Crippen molar-refractivity contribution >= 4 is 28.2 Å². The van der Waals surface area contributed by atoms with Crippen molar-refractivity contribution in [2.24, 2.45) is 5.73 Å². The van der Waals surface area contributed by atoms with Gasteiger partial charge in [0, 0.05) is 18.4 Å². The zero-order valence-electron chi connectivity index (χ0n) is 12.9.